The van der Waals surface area contributed by atoms with Gasteiger partial charge in [0.15, 0.2) is 0 Å². The maximum absolute atomic E-state index is 10.6. The van der Waals surface area contributed by atoms with E-state index in [0.717, 1.165) is 0 Å². The highest BCUT2D eigenvalue weighted by Crippen LogP contribution is 2.22. The van der Waals surface area contributed by atoms with E-state index < -0.39 is 9.85 Å². The van der Waals surface area contributed by atoms with Crippen LogP contribution in [0, 0.1) is 31.6 Å². The molecule has 0 atom stereocenters. The largest absolute Gasteiger partial charge is 0.269 e. The van der Waals surface area contributed by atoms with Crippen LogP contribution in [0.1, 0.15) is 0 Å². The van der Waals surface area contributed by atoms with Crippen molar-refractivity contribution in [2.24, 2.45) is 10.3 Å². The summed E-state index contributed by atoms with van der Waals surface area (Å²) in [7, 11) is 0. The van der Waals surface area contributed by atoms with Crippen molar-refractivity contribution in [3.05, 3.63) is 68.8 Å². The van der Waals surface area contributed by atoms with Crippen molar-refractivity contribution in [3.63, 3.8) is 0 Å². The molecule has 24 heavy (non-hydrogen) atoms. The van der Waals surface area contributed by atoms with Crippen molar-refractivity contribution >= 4 is 22.7 Å². The first-order chi connectivity index (χ1) is 11.5. The molecule has 0 amide bonds. The molecule has 0 N–H and O–H groups in total. The second-order valence-electron chi connectivity index (χ2n) is 4.45. The van der Waals surface area contributed by atoms with E-state index in [0.29, 0.717) is 11.4 Å². The van der Waals surface area contributed by atoms with Gasteiger partial charge >= 0.3 is 0 Å². The van der Waals surface area contributed by atoms with Crippen molar-refractivity contribution < 1.29 is 9.85 Å². The van der Waals surface area contributed by atoms with Gasteiger partial charge < -0.3 is 0 Å². The smallest absolute Gasteiger partial charge is 0.258 e. The molecule has 0 heterocycles. The molecular weight excluding hydrogens is 316 g/mol. The molecule has 0 saturated heterocycles. The summed E-state index contributed by atoms with van der Waals surface area (Å²) in [4.78, 5) is 20.2. The molecule has 2 rings (SSSR count). The van der Waals surface area contributed by atoms with E-state index in [2.05, 4.69) is 10.3 Å². The standard InChI is InChI=1S/C14H10N6O4/c15-9-10-18(12-5-7-14(8-6-12)20(23)24)17-16-11-1-3-13(4-2-11)19(21)22/h1-8H,10H2. The van der Waals surface area contributed by atoms with Gasteiger partial charge in [-0.05, 0) is 24.3 Å². The van der Waals surface area contributed by atoms with Gasteiger partial charge in [-0.3, -0.25) is 20.2 Å². The molecule has 120 valence electrons. The molecular formula is C14H10N6O4. The summed E-state index contributed by atoms with van der Waals surface area (Å²) < 4.78 is 0. The third kappa shape index (κ3) is 4.08. The Bertz CT molecular complexity index is 811. The lowest BCUT2D eigenvalue weighted by molar-refractivity contribution is -0.385. The first-order valence-corrected chi connectivity index (χ1v) is 6.56. The van der Waals surface area contributed by atoms with E-state index >= 15 is 0 Å². The zero-order valence-corrected chi connectivity index (χ0v) is 12.1. The Morgan fingerprint density at radius 3 is 1.92 bits per heavy atom. The average Bonchev–Trinajstić information content (AvgIpc) is 2.59. The number of hydrogen-bond donors (Lipinski definition) is 0. The molecule has 0 aliphatic rings. The lowest BCUT2D eigenvalue weighted by Crippen LogP contribution is -2.15. The number of non-ortho nitro benzene ring substituents is 2. The average molecular weight is 326 g/mol. The first-order valence-electron chi connectivity index (χ1n) is 6.56. The number of nitro benzene ring substituents is 2. The molecule has 0 saturated carbocycles. The van der Waals surface area contributed by atoms with Crippen LogP contribution in [-0.4, -0.2) is 16.4 Å². The molecule has 2 aromatic rings. The number of nitriles is 1. The predicted octanol–water partition coefficient (Wildman–Crippen LogP) is 3.53. The van der Waals surface area contributed by atoms with Gasteiger partial charge in [-0.25, -0.2) is 5.01 Å². The molecule has 10 heteroatoms. The lowest BCUT2D eigenvalue weighted by atomic mass is 10.3. The van der Waals surface area contributed by atoms with Crippen LogP contribution in [0.4, 0.5) is 22.7 Å². The number of benzene rings is 2. The second-order valence-corrected chi connectivity index (χ2v) is 4.45. The summed E-state index contributed by atoms with van der Waals surface area (Å²) in [5.74, 6) is 0. The van der Waals surface area contributed by atoms with Gasteiger partial charge in [0.2, 0.25) is 0 Å². The molecule has 0 aliphatic heterocycles. The first kappa shape index (κ1) is 16.5. The van der Waals surface area contributed by atoms with E-state index in [1.54, 1.807) is 0 Å². The fraction of sp³-hybridized carbons (Fsp3) is 0.0714. The summed E-state index contributed by atoms with van der Waals surface area (Å²) in [6.45, 7) is -0.117. The van der Waals surface area contributed by atoms with Crippen molar-refractivity contribution in [1.82, 2.24) is 0 Å². The lowest BCUT2D eigenvalue weighted by Gasteiger charge is -2.13. The number of nitro groups is 2. The number of nitrogens with zero attached hydrogens (tertiary/aromatic N) is 6. The molecule has 0 aliphatic carbocycles. The number of rotatable bonds is 6. The van der Waals surface area contributed by atoms with E-state index in [-0.39, 0.29) is 17.9 Å². The number of hydrogen-bond acceptors (Lipinski definition) is 7. The highest BCUT2D eigenvalue weighted by molar-refractivity contribution is 5.51. The van der Waals surface area contributed by atoms with Crippen molar-refractivity contribution in [2.75, 3.05) is 11.6 Å². The minimum absolute atomic E-state index is 0.0711. The third-order valence-corrected chi connectivity index (χ3v) is 2.91. The fourth-order valence-electron chi connectivity index (χ4n) is 1.73. The van der Waals surface area contributed by atoms with Crippen LogP contribution in [0.3, 0.4) is 0 Å². The quantitative estimate of drug-likeness (QED) is 0.344. The maximum atomic E-state index is 10.6. The maximum Gasteiger partial charge on any atom is 0.269 e. The normalized spacial score (nSPS) is 10.3. The Kier molecular flexibility index (Phi) is 5.09. The van der Waals surface area contributed by atoms with Gasteiger partial charge in [0.1, 0.15) is 6.54 Å². The van der Waals surface area contributed by atoms with Gasteiger partial charge in [0.05, 0.1) is 27.3 Å². The SMILES string of the molecule is N#CCN(N=Nc1ccc([N+](=O)[O-])cc1)c1ccc([N+](=O)[O-])cc1. The fourth-order valence-corrected chi connectivity index (χ4v) is 1.73. The van der Waals surface area contributed by atoms with Crippen LogP contribution in [0.25, 0.3) is 0 Å². The van der Waals surface area contributed by atoms with Crippen molar-refractivity contribution in [1.29, 1.82) is 5.26 Å². The van der Waals surface area contributed by atoms with Crippen molar-refractivity contribution in [2.45, 2.75) is 0 Å². The van der Waals surface area contributed by atoms with Crippen LogP contribution >= 0.6 is 0 Å². The van der Waals surface area contributed by atoms with Crippen LogP contribution in [-0.2, 0) is 0 Å². The minimum atomic E-state index is -0.531. The van der Waals surface area contributed by atoms with Gasteiger partial charge in [0, 0.05) is 24.3 Å². The monoisotopic (exact) mass is 326 g/mol. The topological polar surface area (TPSA) is 138 Å². The van der Waals surface area contributed by atoms with E-state index in [1.807, 2.05) is 6.07 Å². The summed E-state index contributed by atoms with van der Waals surface area (Å²) in [6, 6.07) is 12.8. The zero-order chi connectivity index (χ0) is 17.5. The Hall–Kier alpha value is -3.87. The van der Waals surface area contributed by atoms with E-state index in [4.69, 9.17) is 5.26 Å². The zero-order valence-electron chi connectivity index (χ0n) is 12.1. The molecule has 10 nitrogen and oxygen atoms in total. The molecule has 0 aromatic heterocycles. The summed E-state index contributed by atoms with van der Waals surface area (Å²) >= 11 is 0. The number of anilines is 1. The molecule has 0 spiro atoms. The Labute approximate surface area is 135 Å². The van der Waals surface area contributed by atoms with Gasteiger partial charge in [0.25, 0.3) is 11.4 Å². The molecule has 0 unspecified atom stereocenters. The highest BCUT2D eigenvalue weighted by Gasteiger charge is 2.09. The Balaban J connectivity index is 2.19. The molecule has 2 aromatic carbocycles. The van der Waals surface area contributed by atoms with Gasteiger partial charge in [-0.2, -0.15) is 5.26 Å². The third-order valence-electron chi connectivity index (χ3n) is 2.91. The minimum Gasteiger partial charge on any atom is -0.258 e. The van der Waals surface area contributed by atoms with Crippen LogP contribution in [0.15, 0.2) is 58.9 Å². The van der Waals surface area contributed by atoms with Crippen LogP contribution in [0.5, 0.6) is 0 Å². The summed E-state index contributed by atoms with van der Waals surface area (Å²) in [5, 5.41) is 39.1. The van der Waals surface area contributed by atoms with E-state index in [1.165, 1.54) is 53.5 Å². The second kappa shape index (κ2) is 7.41. The van der Waals surface area contributed by atoms with E-state index in [9.17, 15) is 20.2 Å². The summed E-state index contributed by atoms with van der Waals surface area (Å²) in [5.41, 5.74) is 0.666. The van der Waals surface area contributed by atoms with Gasteiger partial charge in [-0.1, -0.05) is 5.22 Å². The Morgan fingerprint density at radius 2 is 1.46 bits per heavy atom. The van der Waals surface area contributed by atoms with Crippen molar-refractivity contribution in [3.8, 4) is 6.07 Å². The van der Waals surface area contributed by atoms with Gasteiger partial charge in [-0.15, -0.1) is 5.11 Å². The highest BCUT2D eigenvalue weighted by atomic mass is 16.6. The predicted molar refractivity (Wildman–Crippen MR) is 83.7 cm³/mol. The molecule has 0 radical (unpaired) electrons. The van der Waals surface area contributed by atoms with Crippen LogP contribution < -0.4 is 5.01 Å². The molecule has 0 fully saturated rings. The molecule has 0 bridgehead atoms. The Morgan fingerprint density at radius 1 is 0.958 bits per heavy atom. The summed E-state index contributed by atoms with van der Waals surface area (Å²) in [6.07, 6.45) is 0. The van der Waals surface area contributed by atoms with Crippen LogP contribution in [0.2, 0.25) is 0 Å².